The zero-order chi connectivity index (χ0) is 16.6. The second-order valence-electron chi connectivity index (χ2n) is 6.05. The van der Waals surface area contributed by atoms with Gasteiger partial charge in [-0.05, 0) is 33.6 Å². The SMILES string of the molecule is CCc1nc([C@@H]2CCCN2C(=O)[C@H](C)c2c(C)noc2C)no1. The number of hydrogen-bond acceptors (Lipinski definition) is 6. The maximum absolute atomic E-state index is 13.0. The summed E-state index contributed by atoms with van der Waals surface area (Å²) in [6.07, 6.45) is 2.51. The highest BCUT2D eigenvalue weighted by atomic mass is 16.5. The molecule has 124 valence electrons. The molecule has 7 heteroatoms. The molecule has 2 aromatic rings. The largest absolute Gasteiger partial charge is 0.361 e. The smallest absolute Gasteiger partial charge is 0.230 e. The van der Waals surface area contributed by atoms with Crippen molar-refractivity contribution in [3.63, 3.8) is 0 Å². The molecule has 2 atom stereocenters. The summed E-state index contributed by atoms with van der Waals surface area (Å²) in [6, 6.07) is -0.102. The van der Waals surface area contributed by atoms with Crippen LogP contribution in [0, 0.1) is 13.8 Å². The van der Waals surface area contributed by atoms with Crippen LogP contribution in [0.4, 0.5) is 0 Å². The quantitative estimate of drug-likeness (QED) is 0.861. The van der Waals surface area contributed by atoms with Crippen LogP contribution in [0.2, 0.25) is 0 Å². The summed E-state index contributed by atoms with van der Waals surface area (Å²) in [6.45, 7) is 8.29. The van der Waals surface area contributed by atoms with E-state index in [1.165, 1.54) is 0 Å². The fourth-order valence-corrected chi connectivity index (χ4v) is 3.33. The second-order valence-corrected chi connectivity index (χ2v) is 6.05. The summed E-state index contributed by atoms with van der Waals surface area (Å²) >= 11 is 0. The van der Waals surface area contributed by atoms with Crippen molar-refractivity contribution in [2.24, 2.45) is 0 Å². The van der Waals surface area contributed by atoms with Crippen LogP contribution in [0.15, 0.2) is 9.05 Å². The summed E-state index contributed by atoms with van der Waals surface area (Å²) in [7, 11) is 0. The highest BCUT2D eigenvalue weighted by Gasteiger charge is 2.37. The van der Waals surface area contributed by atoms with Gasteiger partial charge in [0, 0.05) is 18.5 Å². The minimum Gasteiger partial charge on any atom is -0.361 e. The van der Waals surface area contributed by atoms with E-state index in [1.54, 1.807) is 0 Å². The number of aromatic nitrogens is 3. The van der Waals surface area contributed by atoms with Crippen LogP contribution >= 0.6 is 0 Å². The maximum atomic E-state index is 13.0. The molecule has 3 heterocycles. The summed E-state index contributed by atoms with van der Waals surface area (Å²) in [4.78, 5) is 19.2. The molecule has 0 N–H and O–H groups in total. The number of amides is 1. The number of rotatable bonds is 4. The van der Waals surface area contributed by atoms with E-state index in [9.17, 15) is 4.79 Å². The first-order valence-corrected chi connectivity index (χ1v) is 8.08. The molecule has 0 unspecified atom stereocenters. The van der Waals surface area contributed by atoms with Crippen LogP contribution in [0.5, 0.6) is 0 Å². The third-order valence-corrected chi connectivity index (χ3v) is 4.51. The Morgan fingerprint density at radius 2 is 2.13 bits per heavy atom. The number of aryl methyl sites for hydroxylation is 3. The highest BCUT2D eigenvalue weighted by molar-refractivity contribution is 5.84. The van der Waals surface area contributed by atoms with E-state index < -0.39 is 0 Å². The Balaban J connectivity index is 1.83. The third kappa shape index (κ3) is 2.75. The van der Waals surface area contributed by atoms with E-state index >= 15 is 0 Å². The zero-order valence-electron chi connectivity index (χ0n) is 14.0. The van der Waals surface area contributed by atoms with Gasteiger partial charge in [-0.2, -0.15) is 4.98 Å². The van der Waals surface area contributed by atoms with Crippen molar-refractivity contribution in [2.75, 3.05) is 6.54 Å². The van der Waals surface area contributed by atoms with E-state index in [1.807, 2.05) is 32.6 Å². The lowest BCUT2D eigenvalue weighted by molar-refractivity contribution is -0.133. The summed E-state index contributed by atoms with van der Waals surface area (Å²) in [5.74, 6) is 1.69. The van der Waals surface area contributed by atoms with Crippen molar-refractivity contribution in [3.05, 3.63) is 28.7 Å². The van der Waals surface area contributed by atoms with E-state index in [0.29, 0.717) is 30.4 Å². The van der Waals surface area contributed by atoms with E-state index in [0.717, 1.165) is 24.1 Å². The summed E-state index contributed by atoms with van der Waals surface area (Å²) < 4.78 is 10.4. The van der Waals surface area contributed by atoms with Gasteiger partial charge in [-0.25, -0.2) is 0 Å². The molecule has 1 saturated heterocycles. The molecule has 1 amide bonds. The van der Waals surface area contributed by atoms with Gasteiger partial charge in [-0.1, -0.05) is 17.2 Å². The molecule has 1 fully saturated rings. The normalized spacial score (nSPS) is 19.3. The Kier molecular flexibility index (Phi) is 4.19. The fourth-order valence-electron chi connectivity index (χ4n) is 3.33. The lowest BCUT2D eigenvalue weighted by Crippen LogP contribution is -2.34. The minimum atomic E-state index is -0.292. The lowest BCUT2D eigenvalue weighted by atomic mass is 9.97. The van der Waals surface area contributed by atoms with Crippen LogP contribution < -0.4 is 0 Å². The Morgan fingerprint density at radius 3 is 2.74 bits per heavy atom. The standard InChI is InChI=1S/C16H22N4O3/c1-5-13-17-15(19-23-13)12-7-6-8-20(12)16(21)9(2)14-10(3)18-22-11(14)4/h9,12H,5-8H2,1-4H3/t9-,12+/m1/s1. The van der Waals surface area contributed by atoms with E-state index in [4.69, 9.17) is 9.05 Å². The van der Waals surface area contributed by atoms with Gasteiger partial charge in [0.1, 0.15) is 5.76 Å². The van der Waals surface area contributed by atoms with Gasteiger partial charge in [0.25, 0.3) is 0 Å². The van der Waals surface area contributed by atoms with Crippen molar-refractivity contribution in [3.8, 4) is 0 Å². The van der Waals surface area contributed by atoms with Crippen molar-refractivity contribution in [2.45, 2.75) is 58.9 Å². The summed E-state index contributed by atoms with van der Waals surface area (Å²) in [5, 5.41) is 8.00. The third-order valence-electron chi connectivity index (χ3n) is 4.51. The van der Waals surface area contributed by atoms with Gasteiger partial charge in [-0.3, -0.25) is 4.79 Å². The van der Waals surface area contributed by atoms with E-state index in [-0.39, 0.29) is 17.9 Å². The molecule has 2 aromatic heterocycles. The molecule has 0 bridgehead atoms. The molecule has 0 aliphatic carbocycles. The Labute approximate surface area is 135 Å². The first-order valence-electron chi connectivity index (χ1n) is 8.08. The molecule has 1 aliphatic rings. The average Bonchev–Trinajstić information content (AvgIpc) is 3.25. The van der Waals surface area contributed by atoms with Crippen molar-refractivity contribution in [1.29, 1.82) is 0 Å². The summed E-state index contributed by atoms with van der Waals surface area (Å²) in [5.41, 5.74) is 1.65. The van der Waals surface area contributed by atoms with Gasteiger partial charge in [0.15, 0.2) is 5.82 Å². The Morgan fingerprint density at radius 1 is 1.35 bits per heavy atom. The Bertz CT molecular complexity index is 686. The van der Waals surface area contributed by atoms with Gasteiger partial charge in [0.05, 0.1) is 17.7 Å². The number of carbonyl (C=O) groups is 1. The van der Waals surface area contributed by atoms with E-state index in [2.05, 4.69) is 15.3 Å². The van der Waals surface area contributed by atoms with Crippen LogP contribution in [0.25, 0.3) is 0 Å². The molecular weight excluding hydrogens is 296 g/mol. The number of nitrogens with zero attached hydrogens (tertiary/aromatic N) is 4. The predicted octanol–water partition coefficient (Wildman–Crippen LogP) is 2.70. The Hall–Kier alpha value is -2.18. The van der Waals surface area contributed by atoms with Crippen molar-refractivity contribution in [1.82, 2.24) is 20.2 Å². The maximum Gasteiger partial charge on any atom is 0.230 e. The molecule has 23 heavy (non-hydrogen) atoms. The molecule has 0 aromatic carbocycles. The monoisotopic (exact) mass is 318 g/mol. The topological polar surface area (TPSA) is 85.3 Å². The van der Waals surface area contributed by atoms with Gasteiger partial charge in [0.2, 0.25) is 11.8 Å². The molecule has 0 spiro atoms. The second kappa shape index (κ2) is 6.14. The highest BCUT2D eigenvalue weighted by Crippen LogP contribution is 2.34. The van der Waals surface area contributed by atoms with Crippen LogP contribution in [0.1, 0.15) is 67.4 Å². The molecule has 3 rings (SSSR count). The van der Waals surface area contributed by atoms with Gasteiger partial charge >= 0.3 is 0 Å². The van der Waals surface area contributed by atoms with Gasteiger partial charge < -0.3 is 13.9 Å². The van der Waals surface area contributed by atoms with Crippen molar-refractivity contribution >= 4 is 5.91 Å². The first kappa shape index (κ1) is 15.7. The van der Waals surface area contributed by atoms with Crippen LogP contribution in [-0.2, 0) is 11.2 Å². The van der Waals surface area contributed by atoms with Crippen LogP contribution in [0.3, 0.4) is 0 Å². The zero-order valence-corrected chi connectivity index (χ0v) is 14.0. The average molecular weight is 318 g/mol. The number of likely N-dealkylation sites (tertiary alicyclic amines) is 1. The van der Waals surface area contributed by atoms with Crippen LogP contribution in [-0.4, -0.2) is 32.6 Å². The lowest BCUT2D eigenvalue weighted by Gasteiger charge is -2.25. The number of carbonyl (C=O) groups excluding carboxylic acids is 1. The predicted molar refractivity (Wildman–Crippen MR) is 81.8 cm³/mol. The minimum absolute atomic E-state index is 0.0600. The molecular formula is C16H22N4O3. The van der Waals surface area contributed by atoms with Crippen molar-refractivity contribution < 1.29 is 13.8 Å². The number of hydrogen-bond donors (Lipinski definition) is 0. The molecule has 7 nitrogen and oxygen atoms in total. The fraction of sp³-hybridized carbons (Fsp3) is 0.625. The first-order chi connectivity index (χ1) is 11.0. The molecule has 1 aliphatic heterocycles. The van der Waals surface area contributed by atoms with Gasteiger partial charge in [-0.15, -0.1) is 0 Å². The molecule has 0 radical (unpaired) electrons. The molecule has 0 saturated carbocycles.